The molecule has 0 bridgehead atoms. The first kappa shape index (κ1) is 15.7. The zero-order chi connectivity index (χ0) is 13.9. The molecule has 108 valence electrons. The Labute approximate surface area is 115 Å². The molecule has 0 aliphatic rings. The van der Waals surface area contributed by atoms with E-state index in [2.05, 4.69) is 29.1 Å². The molecule has 0 saturated carbocycles. The van der Waals surface area contributed by atoms with Gasteiger partial charge in [-0.2, -0.15) is 4.98 Å². The van der Waals surface area contributed by atoms with Crippen molar-refractivity contribution in [3.63, 3.8) is 0 Å². The van der Waals surface area contributed by atoms with E-state index in [9.17, 15) is 0 Å². The summed E-state index contributed by atoms with van der Waals surface area (Å²) in [6, 6.07) is 1.85. The molecule has 1 heterocycles. The number of rotatable bonds is 10. The Morgan fingerprint density at radius 1 is 1.16 bits per heavy atom. The second-order valence-corrected chi connectivity index (χ2v) is 4.42. The van der Waals surface area contributed by atoms with Crippen LogP contribution in [-0.4, -0.2) is 30.2 Å². The summed E-state index contributed by atoms with van der Waals surface area (Å²) in [7, 11) is 1.64. The molecular formula is C14H25N3O2. The van der Waals surface area contributed by atoms with Gasteiger partial charge in [-0.1, -0.05) is 26.7 Å². The summed E-state index contributed by atoms with van der Waals surface area (Å²) in [6.45, 7) is 6.27. The molecule has 0 unspecified atom stereocenters. The SMILES string of the molecule is CCCCCOc1cc(NCCC)nc(COC)n1. The largest absolute Gasteiger partial charge is 0.478 e. The van der Waals surface area contributed by atoms with E-state index in [0.717, 1.165) is 25.2 Å². The molecule has 5 nitrogen and oxygen atoms in total. The van der Waals surface area contributed by atoms with Crippen LogP contribution in [0.1, 0.15) is 45.4 Å². The predicted octanol–water partition coefficient (Wildman–Crippen LogP) is 3.01. The molecule has 0 radical (unpaired) electrons. The minimum atomic E-state index is 0.396. The van der Waals surface area contributed by atoms with Crippen molar-refractivity contribution in [2.45, 2.75) is 46.1 Å². The smallest absolute Gasteiger partial charge is 0.218 e. The van der Waals surface area contributed by atoms with Crippen LogP contribution in [-0.2, 0) is 11.3 Å². The van der Waals surface area contributed by atoms with Gasteiger partial charge in [-0.05, 0) is 12.8 Å². The molecule has 0 aromatic carbocycles. The fourth-order valence-corrected chi connectivity index (χ4v) is 1.61. The van der Waals surface area contributed by atoms with Crippen LogP contribution >= 0.6 is 0 Å². The van der Waals surface area contributed by atoms with Crippen molar-refractivity contribution in [3.8, 4) is 5.88 Å². The van der Waals surface area contributed by atoms with Gasteiger partial charge in [0.05, 0.1) is 6.61 Å². The van der Waals surface area contributed by atoms with Gasteiger partial charge in [-0.3, -0.25) is 0 Å². The van der Waals surface area contributed by atoms with E-state index in [1.165, 1.54) is 12.8 Å². The van der Waals surface area contributed by atoms with Crippen LogP contribution in [0, 0.1) is 0 Å². The summed E-state index contributed by atoms with van der Waals surface area (Å²) in [6.07, 6.45) is 4.47. The number of unbranched alkanes of at least 4 members (excludes halogenated alkanes) is 2. The molecule has 0 fully saturated rings. The summed E-state index contributed by atoms with van der Waals surface area (Å²) >= 11 is 0. The lowest BCUT2D eigenvalue weighted by molar-refractivity contribution is 0.176. The number of methoxy groups -OCH3 is 1. The monoisotopic (exact) mass is 267 g/mol. The van der Waals surface area contributed by atoms with E-state index in [1.807, 2.05) is 6.07 Å². The molecule has 5 heteroatoms. The molecule has 0 amide bonds. The van der Waals surface area contributed by atoms with E-state index < -0.39 is 0 Å². The van der Waals surface area contributed by atoms with Crippen molar-refractivity contribution in [2.24, 2.45) is 0 Å². The van der Waals surface area contributed by atoms with Gasteiger partial charge in [0, 0.05) is 19.7 Å². The molecular weight excluding hydrogens is 242 g/mol. The Kier molecular flexibility index (Phi) is 7.89. The first-order valence-corrected chi connectivity index (χ1v) is 7.03. The molecule has 1 N–H and O–H groups in total. The van der Waals surface area contributed by atoms with Crippen LogP contribution in [0.3, 0.4) is 0 Å². The Morgan fingerprint density at radius 2 is 2.00 bits per heavy atom. The molecule has 0 aliphatic carbocycles. The fraction of sp³-hybridized carbons (Fsp3) is 0.714. The number of hydrogen-bond donors (Lipinski definition) is 1. The molecule has 0 aliphatic heterocycles. The van der Waals surface area contributed by atoms with Gasteiger partial charge in [-0.25, -0.2) is 4.98 Å². The number of ether oxygens (including phenoxy) is 2. The standard InChI is InChI=1S/C14H25N3O2/c1-4-6-7-9-19-14-10-12(15-8-5-2)16-13(17-14)11-18-3/h10H,4-9,11H2,1-3H3,(H,15,16,17). The van der Waals surface area contributed by atoms with Crippen molar-refractivity contribution in [1.82, 2.24) is 9.97 Å². The predicted molar refractivity (Wildman–Crippen MR) is 76.5 cm³/mol. The van der Waals surface area contributed by atoms with Gasteiger partial charge in [0.15, 0.2) is 5.82 Å². The van der Waals surface area contributed by atoms with Crippen molar-refractivity contribution >= 4 is 5.82 Å². The minimum Gasteiger partial charge on any atom is -0.478 e. The third kappa shape index (κ3) is 6.38. The van der Waals surface area contributed by atoms with Crippen LogP contribution < -0.4 is 10.1 Å². The number of anilines is 1. The average Bonchev–Trinajstić information content (AvgIpc) is 2.42. The molecule has 19 heavy (non-hydrogen) atoms. The lowest BCUT2D eigenvalue weighted by Gasteiger charge is -2.10. The number of hydrogen-bond acceptors (Lipinski definition) is 5. The van der Waals surface area contributed by atoms with Gasteiger partial charge in [0.1, 0.15) is 12.4 Å². The van der Waals surface area contributed by atoms with Crippen LogP contribution in [0.2, 0.25) is 0 Å². The Bertz CT molecular complexity index is 359. The van der Waals surface area contributed by atoms with E-state index in [4.69, 9.17) is 9.47 Å². The third-order valence-electron chi connectivity index (χ3n) is 2.58. The van der Waals surface area contributed by atoms with Crippen LogP contribution in [0.5, 0.6) is 5.88 Å². The summed E-state index contributed by atoms with van der Waals surface area (Å²) in [5.41, 5.74) is 0. The highest BCUT2D eigenvalue weighted by molar-refractivity contribution is 5.38. The highest BCUT2D eigenvalue weighted by Gasteiger charge is 2.05. The highest BCUT2D eigenvalue weighted by atomic mass is 16.5. The van der Waals surface area contributed by atoms with Crippen molar-refractivity contribution in [3.05, 3.63) is 11.9 Å². The van der Waals surface area contributed by atoms with E-state index in [1.54, 1.807) is 7.11 Å². The Hall–Kier alpha value is -1.36. The number of nitrogens with one attached hydrogen (secondary N) is 1. The maximum Gasteiger partial charge on any atom is 0.218 e. The van der Waals surface area contributed by atoms with Crippen molar-refractivity contribution < 1.29 is 9.47 Å². The van der Waals surface area contributed by atoms with Gasteiger partial charge in [-0.15, -0.1) is 0 Å². The lowest BCUT2D eigenvalue weighted by Crippen LogP contribution is -2.08. The number of aromatic nitrogens is 2. The quantitative estimate of drug-likeness (QED) is 0.660. The molecule has 0 saturated heterocycles. The summed E-state index contributed by atoms with van der Waals surface area (Å²) in [5, 5.41) is 3.25. The average molecular weight is 267 g/mol. The van der Waals surface area contributed by atoms with Crippen molar-refractivity contribution in [2.75, 3.05) is 25.6 Å². The highest BCUT2D eigenvalue weighted by Crippen LogP contribution is 2.14. The number of nitrogens with zero attached hydrogens (tertiary/aromatic N) is 2. The van der Waals surface area contributed by atoms with Crippen LogP contribution in [0.25, 0.3) is 0 Å². The minimum absolute atomic E-state index is 0.396. The molecule has 0 spiro atoms. The van der Waals surface area contributed by atoms with Gasteiger partial charge in [0.25, 0.3) is 0 Å². The second-order valence-electron chi connectivity index (χ2n) is 4.42. The van der Waals surface area contributed by atoms with E-state index in [-0.39, 0.29) is 0 Å². The van der Waals surface area contributed by atoms with Crippen molar-refractivity contribution in [1.29, 1.82) is 0 Å². The normalized spacial score (nSPS) is 10.5. The topological polar surface area (TPSA) is 56.3 Å². The summed E-state index contributed by atoms with van der Waals surface area (Å²) < 4.78 is 10.7. The molecule has 1 rings (SSSR count). The zero-order valence-corrected chi connectivity index (χ0v) is 12.2. The zero-order valence-electron chi connectivity index (χ0n) is 12.2. The fourth-order valence-electron chi connectivity index (χ4n) is 1.61. The molecule has 1 aromatic heterocycles. The molecule has 0 atom stereocenters. The third-order valence-corrected chi connectivity index (χ3v) is 2.58. The van der Waals surface area contributed by atoms with Gasteiger partial charge in [0.2, 0.25) is 5.88 Å². The Balaban J connectivity index is 2.63. The summed E-state index contributed by atoms with van der Waals surface area (Å²) in [4.78, 5) is 8.71. The van der Waals surface area contributed by atoms with Gasteiger partial charge >= 0.3 is 0 Å². The first-order valence-electron chi connectivity index (χ1n) is 7.03. The molecule has 1 aromatic rings. The first-order chi connectivity index (χ1) is 9.30. The van der Waals surface area contributed by atoms with Gasteiger partial charge < -0.3 is 14.8 Å². The van der Waals surface area contributed by atoms with E-state index in [0.29, 0.717) is 24.9 Å². The van der Waals surface area contributed by atoms with Crippen LogP contribution in [0.4, 0.5) is 5.82 Å². The maximum absolute atomic E-state index is 5.67. The summed E-state index contributed by atoms with van der Waals surface area (Å²) in [5.74, 6) is 2.07. The van der Waals surface area contributed by atoms with Crippen LogP contribution in [0.15, 0.2) is 6.07 Å². The lowest BCUT2D eigenvalue weighted by atomic mass is 10.3. The van der Waals surface area contributed by atoms with E-state index >= 15 is 0 Å². The second kappa shape index (κ2) is 9.55. The maximum atomic E-state index is 5.67. The Morgan fingerprint density at radius 3 is 2.68 bits per heavy atom.